The van der Waals surface area contributed by atoms with Gasteiger partial charge in [-0.15, -0.1) is 11.3 Å². The quantitative estimate of drug-likeness (QED) is 0.390. The molecule has 4 rings (SSSR count). The molecule has 138 valence electrons. The minimum absolute atomic E-state index is 0.664. The second kappa shape index (κ2) is 7.79. The van der Waals surface area contributed by atoms with Crippen molar-refractivity contribution in [1.82, 2.24) is 9.97 Å². The molecule has 0 bridgehead atoms. The van der Waals surface area contributed by atoms with Crippen LogP contribution in [0.3, 0.4) is 0 Å². The zero-order valence-electron chi connectivity index (χ0n) is 15.9. The van der Waals surface area contributed by atoms with E-state index < -0.39 is 0 Å². The van der Waals surface area contributed by atoms with Gasteiger partial charge in [-0.2, -0.15) is 0 Å². The fourth-order valence-corrected chi connectivity index (χ4v) is 4.11. The normalized spacial score (nSPS) is 12.1. The molecule has 2 aromatic heterocycles. The van der Waals surface area contributed by atoms with E-state index in [-0.39, 0.29) is 0 Å². The van der Waals surface area contributed by atoms with Crippen LogP contribution in [-0.4, -0.2) is 17.0 Å². The van der Waals surface area contributed by atoms with Crippen LogP contribution in [0.5, 0.6) is 0 Å². The minimum Gasteiger partial charge on any atom is -0.373 e. The first kappa shape index (κ1) is 18.1. The van der Waals surface area contributed by atoms with Crippen LogP contribution in [0.2, 0.25) is 0 Å². The minimum atomic E-state index is 0.664. The SMILES string of the molecule is C=C/C(=C\C=C/C)c1nc(NC)c2cc(-c3cccc4sccc34)ccc2n1. The van der Waals surface area contributed by atoms with E-state index in [1.807, 2.05) is 32.2 Å². The number of hydrogen-bond donors (Lipinski definition) is 1. The molecule has 0 spiro atoms. The Hall–Kier alpha value is -3.24. The van der Waals surface area contributed by atoms with Gasteiger partial charge in [0.2, 0.25) is 0 Å². The molecule has 0 atom stereocenters. The lowest BCUT2D eigenvalue weighted by Crippen LogP contribution is -2.01. The van der Waals surface area contributed by atoms with Crippen molar-refractivity contribution >= 4 is 43.7 Å². The highest BCUT2D eigenvalue weighted by atomic mass is 32.1. The molecule has 0 saturated carbocycles. The molecule has 3 nitrogen and oxygen atoms in total. The van der Waals surface area contributed by atoms with Crippen LogP contribution in [0.1, 0.15) is 12.7 Å². The maximum absolute atomic E-state index is 4.77. The van der Waals surface area contributed by atoms with E-state index in [4.69, 9.17) is 9.97 Å². The highest BCUT2D eigenvalue weighted by Gasteiger charge is 2.11. The van der Waals surface area contributed by atoms with Gasteiger partial charge in [0.1, 0.15) is 5.82 Å². The fraction of sp³-hybridized carbons (Fsp3) is 0.0833. The van der Waals surface area contributed by atoms with Gasteiger partial charge in [0.25, 0.3) is 0 Å². The first-order valence-corrected chi connectivity index (χ1v) is 10.0. The molecule has 0 aliphatic heterocycles. The highest BCUT2D eigenvalue weighted by Crippen LogP contribution is 2.34. The number of thiophene rings is 1. The molecule has 4 heteroatoms. The van der Waals surface area contributed by atoms with Gasteiger partial charge in [0.15, 0.2) is 5.82 Å². The largest absolute Gasteiger partial charge is 0.373 e. The van der Waals surface area contributed by atoms with E-state index in [2.05, 4.69) is 59.7 Å². The van der Waals surface area contributed by atoms with Crippen LogP contribution < -0.4 is 5.32 Å². The second-order valence-corrected chi connectivity index (χ2v) is 7.32. The summed E-state index contributed by atoms with van der Waals surface area (Å²) in [5.41, 5.74) is 4.19. The van der Waals surface area contributed by atoms with E-state index >= 15 is 0 Å². The number of aromatic nitrogens is 2. The molecule has 28 heavy (non-hydrogen) atoms. The number of nitrogens with one attached hydrogen (secondary N) is 1. The Bertz CT molecular complexity index is 1230. The van der Waals surface area contributed by atoms with Gasteiger partial charge in [0, 0.05) is 28.1 Å². The lowest BCUT2D eigenvalue weighted by Gasteiger charge is -2.11. The molecule has 0 unspecified atom stereocenters. The fourth-order valence-electron chi connectivity index (χ4n) is 3.30. The van der Waals surface area contributed by atoms with E-state index in [1.165, 1.54) is 15.6 Å². The van der Waals surface area contributed by atoms with Crippen molar-refractivity contribution in [2.75, 3.05) is 12.4 Å². The van der Waals surface area contributed by atoms with Gasteiger partial charge in [-0.05, 0) is 47.7 Å². The van der Waals surface area contributed by atoms with Gasteiger partial charge >= 0.3 is 0 Å². The first-order chi connectivity index (χ1) is 13.7. The molecule has 0 saturated heterocycles. The molecule has 0 amide bonds. The maximum Gasteiger partial charge on any atom is 0.162 e. The van der Waals surface area contributed by atoms with Crippen LogP contribution in [0, 0.1) is 0 Å². The predicted octanol–water partition coefficient (Wildman–Crippen LogP) is 6.70. The monoisotopic (exact) mass is 383 g/mol. The first-order valence-electron chi connectivity index (χ1n) is 9.17. The molecule has 0 aliphatic carbocycles. The summed E-state index contributed by atoms with van der Waals surface area (Å²) >= 11 is 1.76. The number of allylic oxidation sites excluding steroid dienone is 5. The van der Waals surface area contributed by atoms with Crippen molar-refractivity contribution in [3.05, 3.63) is 84.6 Å². The third kappa shape index (κ3) is 3.23. The molecule has 1 N–H and O–H groups in total. The Morgan fingerprint density at radius 3 is 2.79 bits per heavy atom. The van der Waals surface area contributed by atoms with Crippen LogP contribution in [-0.2, 0) is 0 Å². The summed E-state index contributed by atoms with van der Waals surface area (Å²) in [4.78, 5) is 9.51. The number of benzene rings is 2. The Balaban J connectivity index is 1.90. The van der Waals surface area contributed by atoms with E-state index in [1.54, 1.807) is 17.4 Å². The third-order valence-electron chi connectivity index (χ3n) is 4.69. The van der Waals surface area contributed by atoms with Crippen LogP contribution in [0.4, 0.5) is 5.82 Å². The van der Waals surface area contributed by atoms with E-state index in [0.717, 1.165) is 27.9 Å². The topological polar surface area (TPSA) is 37.8 Å². The zero-order chi connectivity index (χ0) is 19.5. The van der Waals surface area contributed by atoms with Crippen molar-refractivity contribution < 1.29 is 0 Å². The summed E-state index contributed by atoms with van der Waals surface area (Å²) in [7, 11) is 1.89. The van der Waals surface area contributed by atoms with Crippen LogP contribution in [0.25, 0.3) is 37.7 Å². The molecule has 4 aromatic rings. The molecule has 0 aliphatic rings. The van der Waals surface area contributed by atoms with Crippen molar-refractivity contribution in [3.8, 4) is 11.1 Å². The standard InChI is InChI=1S/C24H21N3S/c1-4-6-8-16(5-2)23-26-21-12-11-17(15-20(21)24(25-3)27-23)18-9-7-10-22-19(18)13-14-28-22/h4-15H,2H2,1,3H3,(H,25,26,27)/b6-4-,16-8+. The molecule has 0 radical (unpaired) electrons. The number of anilines is 1. The van der Waals surface area contributed by atoms with Gasteiger partial charge < -0.3 is 5.32 Å². The summed E-state index contributed by atoms with van der Waals surface area (Å²) in [6.07, 6.45) is 7.70. The molecule has 2 aromatic carbocycles. The average molecular weight is 384 g/mol. The molecule has 2 heterocycles. The Kier molecular flexibility index (Phi) is 5.04. The summed E-state index contributed by atoms with van der Waals surface area (Å²) in [5, 5.41) is 7.65. The lowest BCUT2D eigenvalue weighted by molar-refractivity contribution is 1.16. The van der Waals surface area contributed by atoms with Crippen molar-refractivity contribution in [2.24, 2.45) is 0 Å². The maximum atomic E-state index is 4.77. The second-order valence-electron chi connectivity index (χ2n) is 6.37. The Morgan fingerprint density at radius 1 is 1.11 bits per heavy atom. The van der Waals surface area contributed by atoms with Gasteiger partial charge in [-0.3, -0.25) is 0 Å². The summed E-state index contributed by atoms with van der Waals surface area (Å²) < 4.78 is 1.29. The van der Waals surface area contributed by atoms with Gasteiger partial charge in [-0.25, -0.2) is 9.97 Å². The molecular weight excluding hydrogens is 362 g/mol. The summed E-state index contributed by atoms with van der Waals surface area (Å²) in [6, 6.07) is 15.0. The third-order valence-corrected chi connectivity index (χ3v) is 5.57. The lowest BCUT2D eigenvalue weighted by atomic mass is 10.0. The Morgan fingerprint density at radius 2 is 2.00 bits per heavy atom. The number of fused-ring (bicyclic) bond motifs is 2. The zero-order valence-corrected chi connectivity index (χ0v) is 16.8. The number of hydrogen-bond acceptors (Lipinski definition) is 4. The number of nitrogens with zero attached hydrogens (tertiary/aromatic N) is 2. The van der Waals surface area contributed by atoms with Gasteiger partial charge in [0.05, 0.1) is 5.52 Å². The number of rotatable bonds is 5. The summed E-state index contributed by atoms with van der Waals surface area (Å²) in [5.74, 6) is 1.48. The molecular formula is C24H21N3S. The van der Waals surface area contributed by atoms with Crippen LogP contribution >= 0.6 is 11.3 Å². The Labute approximate surface area is 168 Å². The summed E-state index contributed by atoms with van der Waals surface area (Å²) in [6.45, 7) is 5.88. The average Bonchev–Trinajstić information content (AvgIpc) is 3.22. The molecule has 0 fully saturated rings. The van der Waals surface area contributed by atoms with E-state index in [9.17, 15) is 0 Å². The smallest absolute Gasteiger partial charge is 0.162 e. The van der Waals surface area contributed by atoms with Gasteiger partial charge in [-0.1, -0.05) is 49.1 Å². The highest BCUT2D eigenvalue weighted by molar-refractivity contribution is 7.17. The van der Waals surface area contributed by atoms with Crippen LogP contribution in [0.15, 0.2) is 78.7 Å². The van der Waals surface area contributed by atoms with Crippen molar-refractivity contribution in [1.29, 1.82) is 0 Å². The predicted molar refractivity (Wildman–Crippen MR) is 123 cm³/mol. The van der Waals surface area contributed by atoms with Crippen molar-refractivity contribution in [3.63, 3.8) is 0 Å². The van der Waals surface area contributed by atoms with E-state index in [0.29, 0.717) is 5.82 Å². The van der Waals surface area contributed by atoms with Crippen molar-refractivity contribution in [2.45, 2.75) is 6.92 Å².